The molecule has 4 rings (SSSR count). The molecule has 0 atom stereocenters. The van der Waals surface area contributed by atoms with Crippen LogP contribution in [0.1, 0.15) is 5.56 Å². The molecule has 4 heteroatoms. The summed E-state index contributed by atoms with van der Waals surface area (Å²) in [6.07, 6.45) is 0.162. The number of ether oxygens (including phenoxy) is 3. The Morgan fingerprint density at radius 1 is 0.955 bits per heavy atom. The topological polar surface area (TPSA) is 47.9 Å². The van der Waals surface area contributed by atoms with Gasteiger partial charge in [-0.3, -0.25) is 0 Å². The molecule has 2 aromatic carbocycles. The third-order valence-electron chi connectivity index (χ3n) is 4.16. The summed E-state index contributed by atoms with van der Waals surface area (Å²) in [5.41, 5.74) is 2.19. The van der Waals surface area contributed by atoms with Crippen LogP contribution in [-0.2, 0) is 15.1 Å². The zero-order chi connectivity index (χ0) is 15.0. The van der Waals surface area contributed by atoms with Gasteiger partial charge in [0.1, 0.15) is 17.5 Å². The SMILES string of the molecule is OC1(c2cccc(-c3cccc(OC4COC4)c3)c2)COC1. The quantitative estimate of drug-likeness (QED) is 0.941. The largest absolute Gasteiger partial charge is 0.486 e. The highest BCUT2D eigenvalue weighted by atomic mass is 16.6. The van der Waals surface area contributed by atoms with Crippen molar-refractivity contribution in [2.75, 3.05) is 26.4 Å². The zero-order valence-electron chi connectivity index (χ0n) is 12.2. The summed E-state index contributed by atoms with van der Waals surface area (Å²) in [5.74, 6) is 0.849. The molecule has 0 saturated carbocycles. The minimum atomic E-state index is -0.840. The number of rotatable bonds is 4. The monoisotopic (exact) mass is 298 g/mol. The van der Waals surface area contributed by atoms with Gasteiger partial charge in [0.25, 0.3) is 0 Å². The van der Waals surface area contributed by atoms with E-state index < -0.39 is 5.60 Å². The van der Waals surface area contributed by atoms with Crippen molar-refractivity contribution < 1.29 is 19.3 Å². The molecule has 2 saturated heterocycles. The molecule has 2 fully saturated rings. The van der Waals surface area contributed by atoms with Crippen LogP contribution >= 0.6 is 0 Å². The Hall–Kier alpha value is -1.88. The van der Waals surface area contributed by atoms with Gasteiger partial charge in [0.05, 0.1) is 26.4 Å². The average Bonchev–Trinajstić information content (AvgIpc) is 2.49. The zero-order valence-corrected chi connectivity index (χ0v) is 12.2. The van der Waals surface area contributed by atoms with Crippen molar-refractivity contribution in [2.45, 2.75) is 11.7 Å². The molecule has 114 valence electrons. The Kier molecular flexibility index (Phi) is 3.37. The van der Waals surface area contributed by atoms with E-state index >= 15 is 0 Å². The highest BCUT2D eigenvalue weighted by Gasteiger charge is 2.37. The second-order valence-corrected chi connectivity index (χ2v) is 5.91. The van der Waals surface area contributed by atoms with Crippen molar-refractivity contribution >= 4 is 0 Å². The molecule has 0 spiro atoms. The van der Waals surface area contributed by atoms with Crippen LogP contribution in [0.25, 0.3) is 11.1 Å². The van der Waals surface area contributed by atoms with E-state index in [2.05, 4.69) is 0 Å². The van der Waals surface area contributed by atoms with Crippen LogP contribution in [0.4, 0.5) is 0 Å². The van der Waals surface area contributed by atoms with Gasteiger partial charge in [-0.05, 0) is 34.9 Å². The molecule has 0 unspecified atom stereocenters. The van der Waals surface area contributed by atoms with E-state index in [0.29, 0.717) is 26.4 Å². The summed E-state index contributed by atoms with van der Waals surface area (Å²) in [6, 6.07) is 16.0. The second kappa shape index (κ2) is 5.39. The molecule has 0 aromatic heterocycles. The summed E-state index contributed by atoms with van der Waals surface area (Å²) < 4.78 is 16.1. The van der Waals surface area contributed by atoms with Crippen LogP contribution in [0.15, 0.2) is 48.5 Å². The van der Waals surface area contributed by atoms with Crippen LogP contribution in [0.2, 0.25) is 0 Å². The Morgan fingerprint density at radius 2 is 1.68 bits per heavy atom. The molecule has 1 N–H and O–H groups in total. The van der Waals surface area contributed by atoms with Crippen LogP contribution in [0, 0.1) is 0 Å². The molecule has 0 bridgehead atoms. The molecule has 4 nitrogen and oxygen atoms in total. The van der Waals surface area contributed by atoms with Gasteiger partial charge < -0.3 is 19.3 Å². The lowest BCUT2D eigenvalue weighted by Crippen LogP contribution is -2.46. The minimum Gasteiger partial charge on any atom is -0.486 e. The summed E-state index contributed by atoms with van der Waals surface area (Å²) in [6.45, 7) is 2.04. The molecule has 2 aliphatic rings. The van der Waals surface area contributed by atoms with E-state index in [1.165, 1.54) is 0 Å². The molecule has 2 aliphatic heterocycles. The maximum absolute atomic E-state index is 10.4. The lowest BCUT2D eigenvalue weighted by Gasteiger charge is -2.36. The van der Waals surface area contributed by atoms with Gasteiger partial charge in [0, 0.05) is 0 Å². The Bertz CT molecular complexity index is 674. The normalized spacial score (nSPS) is 20.0. The van der Waals surface area contributed by atoms with E-state index in [-0.39, 0.29) is 6.10 Å². The fraction of sp³-hybridized carbons (Fsp3) is 0.333. The smallest absolute Gasteiger partial charge is 0.145 e. The first-order chi connectivity index (χ1) is 10.7. The Balaban J connectivity index is 1.61. The first-order valence-corrected chi connectivity index (χ1v) is 7.48. The van der Waals surface area contributed by atoms with Crippen LogP contribution in [0.3, 0.4) is 0 Å². The predicted octanol–water partition coefficient (Wildman–Crippen LogP) is 2.35. The molecular formula is C18H18O4. The Morgan fingerprint density at radius 3 is 2.32 bits per heavy atom. The average molecular weight is 298 g/mol. The van der Waals surface area contributed by atoms with Crippen molar-refractivity contribution in [2.24, 2.45) is 0 Å². The van der Waals surface area contributed by atoms with Gasteiger partial charge in [0.2, 0.25) is 0 Å². The van der Waals surface area contributed by atoms with Crippen molar-refractivity contribution in [3.05, 3.63) is 54.1 Å². The van der Waals surface area contributed by atoms with Gasteiger partial charge in [0.15, 0.2) is 0 Å². The molecule has 0 aliphatic carbocycles. The second-order valence-electron chi connectivity index (χ2n) is 5.91. The molecule has 2 heterocycles. The molecule has 0 radical (unpaired) electrons. The first kappa shape index (κ1) is 13.8. The first-order valence-electron chi connectivity index (χ1n) is 7.48. The number of aliphatic hydroxyl groups is 1. The molecule has 22 heavy (non-hydrogen) atoms. The third kappa shape index (κ3) is 2.50. The van der Waals surface area contributed by atoms with Gasteiger partial charge in [-0.1, -0.05) is 30.3 Å². The van der Waals surface area contributed by atoms with E-state index in [1.807, 2.05) is 48.5 Å². The molecule has 2 aromatic rings. The maximum Gasteiger partial charge on any atom is 0.145 e. The van der Waals surface area contributed by atoms with Gasteiger partial charge in [-0.25, -0.2) is 0 Å². The van der Waals surface area contributed by atoms with E-state index in [0.717, 1.165) is 22.4 Å². The van der Waals surface area contributed by atoms with Crippen LogP contribution in [0.5, 0.6) is 5.75 Å². The predicted molar refractivity (Wildman–Crippen MR) is 81.8 cm³/mol. The summed E-state index contributed by atoms with van der Waals surface area (Å²) in [5, 5.41) is 10.4. The summed E-state index contributed by atoms with van der Waals surface area (Å²) in [4.78, 5) is 0. The highest BCUT2D eigenvalue weighted by Crippen LogP contribution is 2.33. The van der Waals surface area contributed by atoms with Gasteiger partial charge in [-0.15, -0.1) is 0 Å². The lowest BCUT2D eigenvalue weighted by molar-refractivity contribution is -0.184. The molecular weight excluding hydrogens is 280 g/mol. The Labute approximate surface area is 129 Å². The fourth-order valence-electron chi connectivity index (χ4n) is 2.67. The van der Waals surface area contributed by atoms with E-state index in [4.69, 9.17) is 14.2 Å². The highest BCUT2D eigenvalue weighted by molar-refractivity contribution is 5.66. The van der Waals surface area contributed by atoms with E-state index in [9.17, 15) is 5.11 Å². The third-order valence-corrected chi connectivity index (χ3v) is 4.16. The van der Waals surface area contributed by atoms with Crippen LogP contribution < -0.4 is 4.74 Å². The lowest BCUT2D eigenvalue weighted by atomic mass is 9.90. The summed E-state index contributed by atoms with van der Waals surface area (Å²) >= 11 is 0. The van der Waals surface area contributed by atoms with Crippen molar-refractivity contribution in [1.29, 1.82) is 0 Å². The fourth-order valence-corrected chi connectivity index (χ4v) is 2.67. The standard InChI is InChI=1S/C18H18O4/c19-18(11-21-12-18)15-5-1-3-13(7-15)14-4-2-6-16(8-14)22-17-9-20-10-17/h1-8,17,19H,9-12H2. The van der Waals surface area contributed by atoms with E-state index in [1.54, 1.807) is 0 Å². The minimum absolute atomic E-state index is 0.162. The van der Waals surface area contributed by atoms with Crippen molar-refractivity contribution in [3.63, 3.8) is 0 Å². The van der Waals surface area contributed by atoms with Gasteiger partial charge >= 0.3 is 0 Å². The number of benzene rings is 2. The van der Waals surface area contributed by atoms with Crippen molar-refractivity contribution in [3.8, 4) is 16.9 Å². The van der Waals surface area contributed by atoms with Gasteiger partial charge in [-0.2, -0.15) is 0 Å². The van der Waals surface area contributed by atoms with Crippen molar-refractivity contribution in [1.82, 2.24) is 0 Å². The number of hydrogen-bond acceptors (Lipinski definition) is 4. The summed E-state index contributed by atoms with van der Waals surface area (Å²) in [7, 11) is 0. The maximum atomic E-state index is 10.4. The van der Waals surface area contributed by atoms with Crippen LogP contribution in [-0.4, -0.2) is 37.6 Å². The molecule has 0 amide bonds. The number of hydrogen-bond donors (Lipinski definition) is 1.